The Kier molecular flexibility index (Phi) is 5.15. The van der Waals surface area contributed by atoms with Crippen molar-refractivity contribution in [3.8, 4) is 0 Å². The largest absolute Gasteiger partial charge is 0.340 e. The molecule has 154 valence electrons. The molecule has 1 aliphatic carbocycles. The first kappa shape index (κ1) is 19.6. The average Bonchev–Trinajstić information content (AvgIpc) is 2.95. The molecular formula is C22H27FN4O2. The molecule has 1 aromatic carbocycles. The Morgan fingerprint density at radius 2 is 2.10 bits per heavy atom. The summed E-state index contributed by atoms with van der Waals surface area (Å²) in [5, 5.41) is 10.3. The van der Waals surface area contributed by atoms with E-state index < -0.39 is 12.2 Å². The van der Waals surface area contributed by atoms with Crippen LogP contribution in [0.15, 0.2) is 24.3 Å². The Bertz CT molecular complexity index is 954. The van der Waals surface area contributed by atoms with Crippen LogP contribution in [-0.2, 0) is 11.8 Å². The first-order valence-corrected chi connectivity index (χ1v) is 10.2. The van der Waals surface area contributed by atoms with Crippen LogP contribution in [0.4, 0.5) is 10.2 Å². The van der Waals surface area contributed by atoms with Gasteiger partial charge in [0.25, 0.3) is 5.91 Å². The van der Waals surface area contributed by atoms with Crippen LogP contribution >= 0.6 is 0 Å². The van der Waals surface area contributed by atoms with E-state index in [4.69, 9.17) is 0 Å². The van der Waals surface area contributed by atoms with E-state index in [0.29, 0.717) is 24.2 Å². The van der Waals surface area contributed by atoms with Crippen molar-refractivity contribution in [1.29, 1.82) is 0 Å². The molecule has 2 N–H and O–H groups in total. The average molecular weight is 398 g/mol. The topological polar surface area (TPSA) is 76.0 Å². The minimum Gasteiger partial charge on any atom is -0.340 e. The molecule has 29 heavy (non-hydrogen) atoms. The second-order valence-corrected chi connectivity index (χ2v) is 8.33. The monoisotopic (exact) mass is 398 g/mol. The SMILES string of the molecule is Cc1cccc(C(=O)N[C@@H]2C(=O)Nc3c(c(C)nn3C)[C@H]2[C@H]2CCCC(F)C2)c1. The zero-order chi connectivity index (χ0) is 20.7. The van der Waals surface area contributed by atoms with E-state index in [-0.39, 0.29) is 23.7 Å². The van der Waals surface area contributed by atoms with Gasteiger partial charge in [-0.1, -0.05) is 24.1 Å². The summed E-state index contributed by atoms with van der Waals surface area (Å²) in [6, 6.07) is 6.51. The molecule has 2 aliphatic rings. The van der Waals surface area contributed by atoms with E-state index in [9.17, 15) is 14.0 Å². The summed E-state index contributed by atoms with van der Waals surface area (Å²) in [7, 11) is 1.79. The normalized spacial score (nSPS) is 26.6. The van der Waals surface area contributed by atoms with Gasteiger partial charge in [-0.2, -0.15) is 5.10 Å². The van der Waals surface area contributed by atoms with Crippen LogP contribution < -0.4 is 10.6 Å². The van der Waals surface area contributed by atoms with E-state index >= 15 is 0 Å². The van der Waals surface area contributed by atoms with Gasteiger partial charge in [-0.15, -0.1) is 0 Å². The van der Waals surface area contributed by atoms with Gasteiger partial charge in [0, 0.05) is 24.1 Å². The number of halogens is 1. The fourth-order valence-corrected chi connectivity index (χ4v) is 4.91. The lowest BCUT2D eigenvalue weighted by Gasteiger charge is -2.39. The molecule has 2 amide bonds. The lowest BCUT2D eigenvalue weighted by atomic mass is 9.71. The van der Waals surface area contributed by atoms with Crippen LogP contribution in [0.25, 0.3) is 0 Å². The molecule has 4 rings (SSSR count). The van der Waals surface area contributed by atoms with Crippen LogP contribution in [0.5, 0.6) is 0 Å². The summed E-state index contributed by atoms with van der Waals surface area (Å²) in [6.45, 7) is 3.82. The number of carbonyl (C=O) groups excluding carboxylic acids is 2. The molecule has 1 aliphatic heterocycles. The van der Waals surface area contributed by atoms with Crippen LogP contribution in [0.3, 0.4) is 0 Å². The van der Waals surface area contributed by atoms with Gasteiger partial charge in [-0.3, -0.25) is 14.3 Å². The van der Waals surface area contributed by atoms with Crippen molar-refractivity contribution >= 4 is 17.6 Å². The highest BCUT2D eigenvalue weighted by Gasteiger charge is 2.45. The summed E-state index contributed by atoms with van der Waals surface area (Å²) < 4.78 is 15.9. The maximum Gasteiger partial charge on any atom is 0.251 e. The molecule has 1 unspecified atom stereocenters. The first-order valence-electron chi connectivity index (χ1n) is 10.2. The maximum absolute atomic E-state index is 14.3. The van der Waals surface area contributed by atoms with Crippen LogP contribution in [0.1, 0.15) is 58.8 Å². The number of nitrogens with one attached hydrogen (secondary N) is 2. The zero-order valence-corrected chi connectivity index (χ0v) is 17.0. The number of hydrogen-bond donors (Lipinski definition) is 2. The highest BCUT2D eigenvalue weighted by atomic mass is 19.1. The lowest BCUT2D eigenvalue weighted by Crippen LogP contribution is -2.52. The molecule has 2 aromatic rings. The number of benzene rings is 1. The van der Waals surface area contributed by atoms with E-state index in [1.165, 1.54) is 0 Å². The van der Waals surface area contributed by atoms with Gasteiger partial charge in [0.1, 0.15) is 18.0 Å². The summed E-state index contributed by atoms with van der Waals surface area (Å²) in [4.78, 5) is 25.9. The van der Waals surface area contributed by atoms with Crippen molar-refractivity contribution in [2.45, 2.75) is 57.7 Å². The highest BCUT2D eigenvalue weighted by Crippen LogP contribution is 2.45. The Labute approximate surface area is 169 Å². The standard InChI is InChI=1S/C22H27FN4O2/c1-12-6-4-8-15(10-12)21(28)24-19-18(14-7-5-9-16(23)11-14)17-13(2)26-27(3)20(17)25-22(19)29/h4,6,8,10,14,16,18-19H,5,7,9,11H2,1-3H3,(H,24,28)(H,25,29)/t14-,16?,18+,19-/m0/s1. The number of aryl methyl sites for hydroxylation is 3. The van der Waals surface area contributed by atoms with E-state index in [1.807, 2.05) is 26.0 Å². The Balaban J connectivity index is 1.71. The number of nitrogens with zero attached hydrogens (tertiary/aromatic N) is 2. The predicted molar refractivity (Wildman–Crippen MR) is 109 cm³/mol. The summed E-state index contributed by atoms with van der Waals surface area (Å²) in [6.07, 6.45) is 1.73. The number of amides is 2. The molecule has 1 fully saturated rings. The highest BCUT2D eigenvalue weighted by molar-refractivity contribution is 6.03. The smallest absolute Gasteiger partial charge is 0.251 e. The maximum atomic E-state index is 14.3. The quantitative estimate of drug-likeness (QED) is 0.832. The molecule has 4 atom stereocenters. The molecular weight excluding hydrogens is 371 g/mol. The third-order valence-corrected chi connectivity index (χ3v) is 6.21. The van der Waals surface area contributed by atoms with E-state index in [0.717, 1.165) is 29.7 Å². The molecule has 0 saturated heterocycles. The molecule has 0 spiro atoms. The van der Waals surface area contributed by atoms with E-state index in [2.05, 4.69) is 15.7 Å². The Morgan fingerprint density at radius 3 is 2.83 bits per heavy atom. The van der Waals surface area contributed by atoms with Crippen molar-refractivity contribution in [3.05, 3.63) is 46.6 Å². The van der Waals surface area contributed by atoms with Crippen molar-refractivity contribution in [1.82, 2.24) is 15.1 Å². The Hall–Kier alpha value is -2.70. The van der Waals surface area contributed by atoms with Gasteiger partial charge in [0.15, 0.2) is 0 Å². The third kappa shape index (κ3) is 3.66. The van der Waals surface area contributed by atoms with Crippen molar-refractivity contribution in [2.75, 3.05) is 5.32 Å². The molecule has 7 heteroatoms. The van der Waals surface area contributed by atoms with Gasteiger partial charge in [0.2, 0.25) is 5.91 Å². The second kappa shape index (κ2) is 7.61. The van der Waals surface area contributed by atoms with Crippen molar-refractivity contribution in [2.24, 2.45) is 13.0 Å². The molecule has 1 aromatic heterocycles. The number of aromatic nitrogens is 2. The van der Waals surface area contributed by atoms with Gasteiger partial charge in [-0.05, 0) is 51.2 Å². The second-order valence-electron chi connectivity index (χ2n) is 8.33. The Morgan fingerprint density at radius 1 is 1.31 bits per heavy atom. The molecule has 2 heterocycles. The number of carbonyl (C=O) groups is 2. The fourth-order valence-electron chi connectivity index (χ4n) is 4.91. The minimum atomic E-state index is -0.868. The van der Waals surface area contributed by atoms with E-state index in [1.54, 1.807) is 23.9 Å². The summed E-state index contributed by atoms with van der Waals surface area (Å²) in [5.41, 5.74) is 3.21. The van der Waals surface area contributed by atoms with Gasteiger partial charge < -0.3 is 10.6 Å². The third-order valence-electron chi connectivity index (χ3n) is 6.21. The number of fused-ring (bicyclic) bond motifs is 1. The predicted octanol–water partition coefficient (Wildman–Crippen LogP) is 3.40. The fraction of sp³-hybridized carbons (Fsp3) is 0.500. The van der Waals surface area contributed by atoms with Crippen molar-refractivity contribution in [3.63, 3.8) is 0 Å². The number of anilines is 1. The summed E-state index contributed by atoms with van der Waals surface area (Å²) >= 11 is 0. The minimum absolute atomic E-state index is 0.0192. The van der Waals surface area contributed by atoms with Crippen LogP contribution in [0, 0.1) is 19.8 Å². The summed E-state index contributed by atoms with van der Waals surface area (Å²) in [5.74, 6) is -0.225. The molecule has 0 radical (unpaired) electrons. The van der Waals surface area contributed by atoms with Crippen molar-refractivity contribution < 1.29 is 14.0 Å². The van der Waals surface area contributed by atoms with Gasteiger partial charge in [-0.25, -0.2) is 4.39 Å². The van der Waals surface area contributed by atoms with Gasteiger partial charge >= 0.3 is 0 Å². The van der Waals surface area contributed by atoms with Gasteiger partial charge in [0.05, 0.1) is 5.69 Å². The lowest BCUT2D eigenvalue weighted by molar-refractivity contribution is -0.119. The zero-order valence-electron chi connectivity index (χ0n) is 17.0. The molecule has 0 bridgehead atoms. The molecule has 1 saturated carbocycles. The molecule has 6 nitrogen and oxygen atoms in total. The number of rotatable bonds is 3. The first-order chi connectivity index (χ1) is 13.8. The van der Waals surface area contributed by atoms with Crippen LogP contribution in [-0.4, -0.2) is 33.8 Å². The number of alkyl halides is 1. The number of hydrogen-bond acceptors (Lipinski definition) is 3. The van der Waals surface area contributed by atoms with Crippen LogP contribution in [0.2, 0.25) is 0 Å².